The summed E-state index contributed by atoms with van der Waals surface area (Å²) >= 11 is 0. The van der Waals surface area contributed by atoms with Crippen LogP contribution in [-0.4, -0.2) is 92.7 Å². The van der Waals surface area contributed by atoms with Crippen LogP contribution in [0.25, 0.3) is 155 Å². The fourth-order valence-electron chi connectivity index (χ4n) is 13.8. The van der Waals surface area contributed by atoms with Gasteiger partial charge in [0.05, 0.1) is 0 Å². The molecule has 0 radical (unpaired) electrons. The van der Waals surface area contributed by atoms with Crippen LogP contribution in [0.1, 0.15) is 0 Å². The van der Waals surface area contributed by atoms with Crippen LogP contribution in [0.5, 0.6) is 46.0 Å². The Balaban J connectivity index is 0.765. The first-order chi connectivity index (χ1) is 47.5. The number of rotatable bonds is 0. The molecule has 16 nitrogen and oxygen atoms in total. The summed E-state index contributed by atoms with van der Waals surface area (Å²) in [6, 6.07) is 73.5. The van der Waals surface area contributed by atoms with Crippen LogP contribution in [0, 0.1) is 0 Å². The molecule has 3 aromatic heterocycles. The summed E-state index contributed by atoms with van der Waals surface area (Å²) < 4.78 is 53.5. The van der Waals surface area contributed by atoms with E-state index in [9.17, 15) is 0 Å². The summed E-state index contributed by atoms with van der Waals surface area (Å²) in [6.45, 7) is 1.89. The Morgan fingerprint density at radius 1 is 0.219 bits per heavy atom. The number of hydrogen-bond acceptors (Lipinski definition) is 14. The highest BCUT2D eigenvalue weighted by atomic mass is 16.5. The van der Waals surface area contributed by atoms with E-state index in [-0.39, 0.29) is 52.9 Å². The summed E-state index contributed by atoms with van der Waals surface area (Å²) in [6.07, 6.45) is 0. The molecular weight excluding hydrogens is 1200 g/mol. The molecule has 4 aliphatic rings. The zero-order chi connectivity index (χ0) is 63.2. The minimum absolute atomic E-state index is 0.230. The van der Waals surface area contributed by atoms with Gasteiger partial charge in [0.2, 0.25) is 0 Å². The number of fused-ring (bicyclic) bond motifs is 26. The molecular formula is C80H54N8O8. The van der Waals surface area contributed by atoms with E-state index in [0.717, 1.165) is 98.0 Å². The van der Waals surface area contributed by atoms with Gasteiger partial charge in [-0.1, -0.05) is 121 Å². The Hall–Kier alpha value is -12.6. The van der Waals surface area contributed by atoms with Gasteiger partial charge in [0.25, 0.3) is 0 Å². The standard InChI is InChI=1S/C80H54N8O8/c1-5-13-53-45(9-1)17-29-65-69(53)70-54-14-6-2-10-46(54)18-30-66(70)94-38-34-90-50-22-26-58-62(42-50)78-84-74(58)82-76-60-28-24-52-44-64(60)80(86-76)88-79-63-43-51(23-27-59(63)75(85-79)81-73-57-25-21-49(89-33-37-93-65)41-61(57)77(83-73)87-78)91-35-39-95-67-31-19-47-11-3-7-15-55(47)71(67)72-56-16-8-4-12-48(56)20-32-68(72)96-40-36-92-52/h1-32,41-44H,33-40H2,(H2,81,82,83,84,85,86,87,88). The van der Waals surface area contributed by atoms with Gasteiger partial charge < -0.3 is 47.9 Å². The van der Waals surface area contributed by atoms with E-state index in [1.54, 1.807) is 0 Å². The second-order valence-electron chi connectivity index (χ2n) is 23.9. The Bertz CT molecular complexity index is 5570. The van der Waals surface area contributed by atoms with Gasteiger partial charge in [-0.25, -0.2) is 29.9 Å². The first-order valence-electron chi connectivity index (χ1n) is 32.0. The molecule has 16 heteroatoms. The molecule has 15 aromatic rings. The first-order valence-corrected chi connectivity index (χ1v) is 32.0. The van der Waals surface area contributed by atoms with E-state index in [1.165, 1.54) is 0 Å². The molecule has 16 bridgehead atoms. The summed E-state index contributed by atoms with van der Waals surface area (Å²) in [5.41, 5.74) is 8.65. The van der Waals surface area contributed by atoms with E-state index in [1.807, 2.05) is 97.1 Å². The number of nitrogens with one attached hydrogen (secondary N) is 2. The van der Waals surface area contributed by atoms with E-state index < -0.39 is 0 Å². The lowest BCUT2D eigenvalue weighted by Gasteiger charge is -2.20. The number of benzene rings is 12. The fraction of sp³-hybridized carbons (Fsp3) is 0.100. The van der Waals surface area contributed by atoms with Crippen molar-refractivity contribution in [2.24, 2.45) is 0 Å². The SMILES string of the molecule is c1ccc2c3c(ccc2c1)OCCOc1ccc2c(c1)-c1nc-2nc2[nH]c4nc5nc(nc6[nH]c(n1)c1cc(ccc61)OCCOc1ccc6ccccc6c1-3)-c1ccc(cc1-5)OCCOc1ccc3ccccc3c1-c1c(ccc3ccccc13)OCCOc1ccc2c4c1. The highest BCUT2D eigenvalue weighted by molar-refractivity contribution is 6.12. The van der Waals surface area contributed by atoms with E-state index in [2.05, 4.69) is 131 Å². The lowest BCUT2D eigenvalue weighted by atomic mass is 9.92. The Morgan fingerprint density at radius 3 is 0.844 bits per heavy atom. The lowest BCUT2D eigenvalue weighted by molar-refractivity contribution is 0.216. The van der Waals surface area contributed by atoms with E-state index in [0.29, 0.717) is 103 Å². The smallest absolute Gasteiger partial charge is 0.164 e. The summed E-state index contributed by atoms with van der Waals surface area (Å²) in [7, 11) is 0. The van der Waals surface area contributed by atoms with E-state index >= 15 is 0 Å². The molecule has 4 aliphatic heterocycles. The minimum atomic E-state index is 0.230. The molecule has 7 heterocycles. The normalized spacial score (nSPS) is 13.8. The zero-order valence-electron chi connectivity index (χ0n) is 51.4. The number of aromatic nitrogens is 8. The Morgan fingerprint density at radius 2 is 0.500 bits per heavy atom. The van der Waals surface area contributed by atoms with Crippen molar-refractivity contribution in [3.8, 4) is 114 Å². The molecule has 0 unspecified atom stereocenters. The van der Waals surface area contributed by atoms with Crippen LogP contribution < -0.4 is 37.9 Å². The molecule has 2 N–H and O–H groups in total. The summed E-state index contributed by atoms with van der Waals surface area (Å²) in [5, 5.41) is 11.5. The van der Waals surface area contributed by atoms with Crippen LogP contribution in [0.2, 0.25) is 0 Å². The van der Waals surface area contributed by atoms with Gasteiger partial charge in [-0.05, 0) is 140 Å². The van der Waals surface area contributed by atoms with Crippen molar-refractivity contribution in [2.45, 2.75) is 0 Å². The predicted octanol–water partition coefficient (Wildman–Crippen LogP) is 17.3. The molecule has 0 saturated heterocycles. The second-order valence-corrected chi connectivity index (χ2v) is 23.9. The number of ether oxygens (including phenoxy) is 8. The first kappa shape index (κ1) is 55.1. The molecule has 19 rings (SSSR count). The van der Waals surface area contributed by atoms with Crippen molar-refractivity contribution in [2.75, 3.05) is 52.9 Å². The molecule has 462 valence electrons. The quantitative estimate of drug-likeness (QED) is 0.146. The third kappa shape index (κ3) is 9.51. The van der Waals surface area contributed by atoms with Gasteiger partial charge in [-0.3, -0.25) is 0 Å². The highest BCUT2D eigenvalue weighted by Crippen LogP contribution is 2.49. The maximum absolute atomic E-state index is 6.77. The van der Waals surface area contributed by atoms with Gasteiger partial charge in [-0.2, -0.15) is 0 Å². The van der Waals surface area contributed by atoms with Crippen molar-refractivity contribution < 1.29 is 37.9 Å². The van der Waals surface area contributed by atoms with Gasteiger partial charge in [0, 0.05) is 66.1 Å². The monoisotopic (exact) mass is 1250 g/mol. The van der Waals surface area contributed by atoms with Crippen molar-refractivity contribution in [1.82, 2.24) is 39.9 Å². The maximum atomic E-state index is 6.77. The summed E-state index contributed by atoms with van der Waals surface area (Å²) in [5.74, 6) is 6.89. The van der Waals surface area contributed by atoms with Crippen LogP contribution in [0.15, 0.2) is 218 Å². The van der Waals surface area contributed by atoms with Crippen LogP contribution in [-0.2, 0) is 0 Å². The predicted molar refractivity (Wildman–Crippen MR) is 374 cm³/mol. The van der Waals surface area contributed by atoms with Crippen molar-refractivity contribution in [1.29, 1.82) is 0 Å². The fourth-order valence-corrected chi connectivity index (χ4v) is 13.8. The molecule has 12 aromatic carbocycles. The van der Waals surface area contributed by atoms with Crippen LogP contribution in [0.4, 0.5) is 0 Å². The van der Waals surface area contributed by atoms with Gasteiger partial charge in [-0.15, -0.1) is 0 Å². The molecule has 0 amide bonds. The molecule has 0 fully saturated rings. The molecule has 0 saturated carbocycles. The molecule has 0 spiro atoms. The number of H-pyrrole nitrogens is 2. The minimum Gasteiger partial charge on any atom is -0.490 e. The van der Waals surface area contributed by atoms with Crippen LogP contribution >= 0.6 is 0 Å². The second kappa shape index (κ2) is 22.6. The van der Waals surface area contributed by atoms with Crippen molar-refractivity contribution in [3.05, 3.63) is 218 Å². The largest absolute Gasteiger partial charge is 0.490 e. The van der Waals surface area contributed by atoms with Gasteiger partial charge in [0.15, 0.2) is 23.3 Å². The number of hydrogen-bond donors (Lipinski definition) is 2. The average molecular weight is 1260 g/mol. The molecule has 0 atom stereocenters. The highest BCUT2D eigenvalue weighted by Gasteiger charge is 2.27. The van der Waals surface area contributed by atoms with E-state index in [4.69, 9.17) is 67.8 Å². The third-order valence-electron chi connectivity index (χ3n) is 18.2. The van der Waals surface area contributed by atoms with Gasteiger partial charge in [0.1, 0.15) is 121 Å². The maximum Gasteiger partial charge on any atom is 0.164 e. The Kier molecular flexibility index (Phi) is 13.0. The van der Waals surface area contributed by atoms with Crippen LogP contribution in [0.3, 0.4) is 0 Å². The zero-order valence-corrected chi connectivity index (χ0v) is 51.4. The average Bonchev–Trinajstić information content (AvgIpc) is 1.18. The third-order valence-corrected chi connectivity index (χ3v) is 18.2. The van der Waals surface area contributed by atoms with Gasteiger partial charge >= 0.3 is 0 Å². The van der Waals surface area contributed by atoms with Crippen molar-refractivity contribution >= 4 is 87.2 Å². The number of nitrogens with zero attached hydrogens (tertiary/aromatic N) is 6. The summed E-state index contributed by atoms with van der Waals surface area (Å²) in [4.78, 5) is 39.2. The number of aromatic amines is 2. The van der Waals surface area contributed by atoms with Crippen molar-refractivity contribution in [3.63, 3.8) is 0 Å². The lowest BCUT2D eigenvalue weighted by Crippen LogP contribution is -2.11. The molecule has 0 aliphatic carbocycles. The topological polar surface area (TPSA) is 183 Å². The Labute approximate surface area is 547 Å². The molecule has 96 heavy (non-hydrogen) atoms.